The largest absolute Gasteiger partial charge is 0.493 e. The standard InChI is InChI=1S/C28H31FN4O6S/c1-28(2,3)39-26(34)31-15-17-12-18(10-9-16(17)14-30)32-23(25(40-6)33-27(35)37-5)20-13-21(36-4)24-19(22(20)29)8-7-11-38-24/h9-10,12-13H,7-8,11,15H2,1-6H3,(H,31,34). The van der Waals surface area contributed by atoms with E-state index in [-0.39, 0.29) is 22.9 Å². The number of ether oxygens (including phenoxy) is 4. The molecule has 40 heavy (non-hydrogen) atoms. The molecule has 10 nitrogen and oxygen atoms in total. The Morgan fingerprint density at radius 2 is 2.00 bits per heavy atom. The van der Waals surface area contributed by atoms with E-state index < -0.39 is 23.6 Å². The summed E-state index contributed by atoms with van der Waals surface area (Å²) in [6, 6.07) is 8.24. The summed E-state index contributed by atoms with van der Waals surface area (Å²) in [5.74, 6) is 0.0829. The molecule has 12 heteroatoms. The summed E-state index contributed by atoms with van der Waals surface area (Å²) >= 11 is 1.08. The molecule has 1 aliphatic heterocycles. The molecule has 3 rings (SSSR count). The summed E-state index contributed by atoms with van der Waals surface area (Å²) in [7, 11) is 2.64. The Hall–Kier alpha value is -4.11. The number of hydrogen-bond acceptors (Lipinski definition) is 9. The summed E-state index contributed by atoms with van der Waals surface area (Å²) in [6.07, 6.45) is 1.19. The normalized spacial score (nSPS) is 13.4. The summed E-state index contributed by atoms with van der Waals surface area (Å²) < 4.78 is 37.1. The number of alkyl carbamates (subject to hydrolysis) is 1. The highest BCUT2D eigenvalue weighted by Crippen LogP contribution is 2.39. The number of carbonyl (C=O) groups excluding carboxylic acids is 2. The van der Waals surface area contributed by atoms with Crippen molar-refractivity contribution in [1.29, 1.82) is 5.26 Å². The Balaban J connectivity index is 2.16. The molecule has 0 atom stereocenters. The number of nitrogens with zero attached hydrogens (tertiary/aromatic N) is 3. The predicted molar refractivity (Wildman–Crippen MR) is 151 cm³/mol. The average Bonchev–Trinajstić information content (AvgIpc) is 2.93. The van der Waals surface area contributed by atoms with E-state index in [1.165, 1.54) is 26.4 Å². The van der Waals surface area contributed by atoms with Crippen LogP contribution in [0.3, 0.4) is 0 Å². The van der Waals surface area contributed by atoms with Crippen LogP contribution in [-0.4, -0.2) is 55.6 Å². The Morgan fingerprint density at radius 3 is 2.62 bits per heavy atom. The minimum Gasteiger partial charge on any atom is -0.493 e. The quantitative estimate of drug-likeness (QED) is 0.345. The summed E-state index contributed by atoms with van der Waals surface area (Å²) in [5.41, 5.74) is 0.850. The number of nitrogens with one attached hydrogen (secondary N) is 1. The van der Waals surface area contributed by atoms with Crippen LogP contribution in [0.15, 0.2) is 34.3 Å². The van der Waals surface area contributed by atoms with Gasteiger partial charge in [0.2, 0.25) is 0 Å². The lowest BCUT2D eigenvalue weighted by atomic mass is 9.98. The van der Waals surface area contributed by atoms with Gasteiger partial charge in [-0.3, -0.25) is 0 Å². The van der Waals surface area contributed by atoms with E-state index in [1.807, 2.05) is 0 Å². The van der Waals surface area contributed by atoms with Crippen molar-refractivity contribution in [3.8, 4) is 17.6 Å². The summed E-state index contributed by atoms with van der Waals surface area (Å²) in [4.78, 5) is 32.9. The zero-order chi connectivity index (χ0) is 29.4. The maximum absolute atomic E-state index is 16.0. The number of aliphatic imine (C=N–C) groups is 2. The van der Waals surface area contributed by atoms with Crippen molar-refractivity contribution in [2.75, 3.05) is 27.1 Å². The van der Waals surface area contributed by atoms with Crippen molar-refractivity contribution in [3.05, 3.63) is 52.3 Å². The molecular weight excluding hydrogens is 539 g/mol. The smallest absolute Gasteiger partial charge is 0.434 e. The van der Waals surface area contributed by atoms with Crippen molar-refractivity contribution in [2.24, 2.45) is 9.98 Å². The van der Waals surface area contributed by atoms with Gasteiger partial charge in [0.05, 0.1) is 38.1 Å². The molecule has 0 saturated heterocycles. The third kappa shape index (κ3) is 7.51. The number of nitriles is 1. The Kier molecular flexibility index (Phi) is 10.1. The van der Waals surface area contributed by atoms with Crippen molar-refractivity contribution in [3.63, 3.8) is 0 Å². The third-order valence-corrected chi connectivity index (χ3v) is 6.27. The summed E-state index contributed by atoms with van der Waals surface area (Å²) in [5, 5.41) is 12.3. The van der Waals surface area contributed by atoms with E-state index in [0.717, 1.165) is 11.8 Å². The molecule has 0 saturated carbocycles. The Bertz CT molecular complexity index is 1390. The fraction of sp³-hybridized carbons (Fsp3) is 0.393. The number of halogens is 1. The molecule has 1 heterocycles. The van der Waals surface area contributed by atoms with E-state index >= 15 is 4.39 Å². The molecule has 1 aliphatic rings. The monoisotopic (exact) mass is 570 g/mol. The number of benzene rings is 2. The zero-order valence-electron chi connectivity index (χ0n) is 23.2. The second-order valence-corrected chi connectivity index (χ2v) is 10.4. The van der Waals surface area contributed by atoms with E-state index in [0.29, 0.717) is 53.3 Å². The Morgan fingerprint density at radius 1 is 1.25 bits per heavy atom. The van der Waals surface area contributed by atoms with Crippen molar-refractivity contribution in [2.45, 2.75) is 45.8 Å². The van der Waals surface area contributed by atoms with Gasteiger partial charge < -0.3 is 24.3 Å². The van der Waals surface area contributed by atoms with Gasteiger partial charge in [-0.15, -0.1) is 11.8 Å². The van der Waals surface area contributed by atoms with Gasteiger partial charge in [-0.1, -0.05) is 0 Å². The topological polar surface area (TPSA) is 132 Å². The molecule has 0 aromatic heterocycles. The van der Waals surface area contributed by atoms with Gasteiger partial charge in [-0.05, 0) is 69.7 Å². The van der Waals surface area contributed by atoms with Crippen molar-refractivity contribution in [1.82, 2.24) is 5.32 Å². The molecule has 0 spiro atoms. The highest BCUT2D eigenvalue weighted by Gasteiger charge is 2.27. The molecule has 0 radical (unpaired) electrons. The van der Waals surface area contributed by atoms with Crippen molar-refractivity contribution >= 4 is 40.4 Å². The van der Waals surface area contributed by atoms with Crippen molar-refractivity contribution < 1.29 is 32.9 Å². The first kappa shape index (κ1) is 30.4. The van der Waals surface area contributed by atoms with Crippen LogP contribution < -0.4 is 14.8 Å². The molecule has 1 N–H and O–H groups in total. The van der Waals surface area contributed by atoms with Crippen LogP contribution in [0.25, 0.3) is 0 Å². The molecule has 0 fully saturated rings. The first-order valence-corrected chi connectivity index (χ1v) is 13.6. The number of hydrogen-bond donors (Lipinski definition) is 1. The lowest BCUT2D eigenvalue weighted by Gasteiger charge is -2.22. The van der Waals surface area contributed by atoms with Crippen LogP contribution in [0.2, 0.25) is 0 Å². The SMILES string of the molecule is COC(=O)N=C(SC)C(=Nc1ccc(C#N)c(CNC(=O)OC(C)(C)C)c1)c1cc(OC)c2c(c1F)CCCO2. The van der Waals surface area contributed by atoms with Crippen LogP contribution in [0.5, 0.6) is 11.5 Å². The predicted octanol–water partition coefficient (Wildman–Crippen LogP) is 5.70. The van der Waals surface area contributed by atoms with Crippen LogP contribution in [0.4, 0.5) is 19.7 Å². The summed E-state index contributed by atoms with van der Waals surface area (Å²) in [6.45, 7) is 5.65. The lowest BCUT2D eigenvalue weighted by Crippen LogP contribution is -2.32. The fourth-order valence-corrected chi connectivity index (χ4v) is 4.38. The molecule has 2 aromatic carbocycles. The third-order valence-electron chi connectivity index (χ3n) is 5.60. The van der Waals surface area contributed by atoms with Gasteiger partial charge in [0.25, 0.3) is 0 Å². The first-order valence-electron chi connectivity index (χ1n) is 12.3. The minimum atomic E-state index is -0.882. The number of methoxy groups -OCH3 is 2. The van der Waals surface area contributed by atoms with E-state index in [2.05, 4.69) is 21.4 Å². The molecule has 0 aliphatic carbocycles. The van der Waals surface area contributed by atoms with E-state index in [4.69, 9.17) is 18.9 Å². The molecular formula is C28H31FN4O6S. The Labute approximate surface area is 236 Å². The lowest BCUT2D eigenvalue weighted by molar-refractivity contribution is 0.0523. The highest BCUT2D eigenvalue weighted by atomic mass is 32.2. The maximum atomic E-state index is 16.0. The van der Waals surface area contributed by atoms with Gasteiger partial charge in [-0.25, -0.2) is 19.0 Å². The molecule has 0 unspecified atom stereocenters. The molecule has 0 bridgehead atoms. The van der Waals surface area contributed by atoms with Crippen LogP contribution in [0.1, 0.15) is 49.4 Å². The van der Waals surface area contributed by atoms with Crippen LogP contribution >= 0.6 is 11.8 Å². The van der Waals surface area contributed by atoms with Gasteiger partial charge in [0, 0.05) is 17.7 Å². The fourth-order valence-electron chi connectivity index (χ4n) is 3.86. The average molecular weight is 571 g/mol. The van der Waals surface area contributed by atoms with Gasteiger partial charge in [0.15, 0.2) is 11.5 Å². The molecule has 2 amide bonds. The number of thioether (sulfide) groups is 1. The van der Waals surface area contributed by atoms with E-state index in [1.54, 1.807) is 39.2 Å². The van der Waals surface area contributed by atoms with Crippen LogP contribution in [0, 0.1) is 17.1 Å². The number of fused-ring (bicyclic) bond motifs is 1. The molecule has 212 valence electrons. The number of rotatable bonds is 6. The zero-order valence-corrected chi connectivity index (χ0v) is 24.0. The van der Waals surface area contributed by atoms with Gasteiger partial charge in [0.1, 0.15) is 22.2 Å². The van der Waals surface area contributed by atoms with Gasteiger partial charge >= 0.3 is 12.2 Å². The highest BCUT2D eigenvalue weighted by molar-refractivity contribution is 8.15. The van der Waals surface area contributed by atoms with Gasteiger partial charge in [-0.2, -0.15) is 10.3 Å². The first-order chi connectivity index (χ1) is 19.0. The molecule has 2 aromatic rings. The second-order valence-electron chi connectivity index (χ2n) is 9.56. The van der Waals surface area contributed by atoms with E-state index in [9.17, 15) is 14.9 Å². The maximum Gasteiger partial charge on any atom is 0.434 e. The minimum absolute atomic E-state index is 0.0134. The van der Waals surface area contributed by atoms with Crippen LogP contribution in [-0.2, 0) is 22.4 Å². The number of amides is 2. The second kappa shape index (κ2) is 13.3. The number of carbonyl (C=O) groups is 2.